The van der Waals surface area contributed by atoms with E-state index in [9.17, 15) is 18.4 Å². The van der Waals surface area contributed by atoms with Gasteiger partial charge in [-0.2, -0.15) is 15.2 Å². The highest BCUT2D eigenvalue weighted by atomic mass is 19.3. The molecule has 6 nitrogen and oxygen atoms in total. The minimum atomic E-state index is -2.96. The summed E-state index contributed by atoms with van der Waals surface area (Å²) in [5.74, 6) is -4.81. The Kier molecular flexibility index (Phi) is 4.93. The first-order valence-corrected chi connectivity index (χ1v) is 9.62. The topological polar surface area (TPSA) is 78.4 Å². The van der Waals surface area contributed by atoms with Crippen molar-refractivity contribution in [2.45, 2.75) is 32.6 Å². The summed E-state index contributed by atoms with van der Waals surface area (Å²) >= 11 is 0. The molecule has 1 N–H and O–H groups in total. The first-order valence-electron chi connectivity index (χ1n) is 9.62. The molecule has 1 aliphatic heterocycles. The predicted octanol–water partition coefficient (Wildman–Crippen LogP) is 4.22. The number of halogens is 2. The van der Waals surface area contributed by atoms with Crippen molar-refractivity contribution in [3.8, 4) is 0 Å². The van der Waals surface area contributed by atoms with Crippen LogP contribution in [0.4, 0.5) is 14.5 Å². The molecule has 0 saturated carbocycles. The van der Waals surface area contributed by atoms with Crippen LogP contribution in [-0.4, -0.2) is 27.6 Å². The number of amides is 1. The number of ketones is 1. The number of nitrogens with one attached hydrogen (secondary N) is 1. The van der Waals surface area contributed by atoms with Gasteiger partial charge < -0.3 is 0 Å². The lowest BCUT2D eigenvalue weighted by Crippen LogP contribution is -2.33. The lowest BCUT2D eigenvalue weighted by Gasteiger charge is -2.16. The van der Waals surface area contributed by atoms with Crippen LogP contribution in [-0.2, 0) is 21.9 Å². The number of aromatic amines is 1. The molecule has 1 atom stereocenters. The van der Waals surface area contributed by atoms with E-state index in [4.69, 9.17) is 0 Å². The molecule has 4 rings (SSSR count). The zero-order chi connectivity index (χ0) is 21.5. The molecule has 1 amide bonds. The van der Waals surface area contributed by atoms with Crippen molar-refractivity contribution in [1.29, 1.82) is 0 Å². The Bertz CT molecular complexity index is 1170. The summed E-state index contributed by atoms with van der Waals surface area (Å²) in [5, 5.41) is 13.2. The minimum absolute atomic E-state index is 0.121. The molecule has 0 aliphatic carbocycles. The van der Waals surface area contributed by atoms with Gasteiger partial charge in [-0.25, -0.2) is 8.78 Å². The molecular weight excluding hydrogens is 390 g/mol. The molecule has 0 bridgehead atoms. The number of benzene rings is 2. The number of carbonyl (C=O) groups is 2. The van der Waals surface area contributed by atoms with Gasteiger partial charge in [0.25, 0.3) is 11.8 Å². The number of fused-ring (bicyclic) bond motifs is 1. The fraction of sp³-hybridized carbons (Fsp3) is 0.273. The van der Waals surface area contributed by atoms with Crippen molar-refractivity contribution in [3.05, 3.63) is 59.8 Å². The zero-order valence-corrected chi connectivity index (χ0v) is 16.5. The number of alkyl halides is 2. The number of hydrazone groups is 1. The van der Waals surface area contributed by atoms with E-state index in [1.54, 1.807) is 37.4 Å². The van der Waals surface area contributed by atoms with Crippen LogP contribution in [0.3, 0.4) is 0 Å². The number of Topliss-reactive ketones (excluding diaryl/α,β-unsaturated/α-hetero) is 1. The molecule has 154 valence electrons. The third kappa shape index (κ3) is 3.49. The van der Waals surface area contributed by atoms with Crippen molar-refractivity contribution >= 4 is 34.0 Å². The number of anilines is 1. The minimum Gasteiger partial charge on any atom is -0.298 e. The predicted molar refractivity (Wildman–Crippen MR) is 110 cm³/mol. The van der Waals surface area contributed by atoms with Crippen LogP contribution in [0.25, 0.3) is 10.9 Å². The number of carbonyl (C=O) groups excluding carboxylic acids is 2. The molecule has 0 spiro atoms. The fourth-order valence-electron chi connectivity index (χ4n) is 3.59. The largest absolute Gasteiger partial charge is 0.298 e. The number of H-pyrrole nitrogens is 1. The van der Waals surface area contributed by atoms with Crippen molar-refractivity contribution in [1.82, 2.24) is 10.2 Å². The Morgan fingerprint density at radius 1 is 1.23 bits per heavy atom. The van der Waals surface area contributed by atoms with Crippen LogP contribution < -0.4 is 5.01 Å². The number of hydrogen-bond donors (Lipinski definition) is 1. The van der Waals surface area contributed by atoms with Crippen LogP contribution in [0.5, 0.6) is 0 Å². The van der Waals surface area contributed by atoms with Crippen LogP contribution in [0.1, 0.15) is 31.4 Å². The smallest absolute Gasteiger partial charge is 0.273 e. The lowest BCUT2D eigenvalue weighted by atomic mass is 9.92. The molecular formula is C22H20F2N4O2. The third-order valence-corrected chi connectivity index (χ3v) is 5.29. The molecule has 1 aromatic heterocycles. The Balaban J connectivity index is 1.55. The summed E-state index contributed by atoms with van der Waals surface area (Å²) in [5.41, 5.74) is 1.97. The van der Waals surface area contributed by atoms with Gasteiger partial charge in [-0.15, -0.1) is 0 Å². The highest BCUT2D eigenvalue weighted by Gasteiger charge is 2.39. The summed E-state index contributed by atoms with van der Waals surface area (Å²) in [6.07, 6.45) is 1.22. The summed E-state index contributed by atoms with van der Waals surface area (Å²) < 4.78 is 28.0. The molecule has 0 radical (unpaired) electrons. The summed E-state index contributed by atoms with van der Waals surface area (Å²) in [6.45, 7) is 3.03. The van der Waals surface area contributed by atoms with E-state index in [0.717, 1.165) is 10.9 Å². The molecule has 3 aromatic rings. The van der Waals surface area contributed by atoms with Crippen molar-refractivity contribution in [3.63, 3.8) is 0 Å². The molecule has 0 saturated heterocycles. The van der Waals surface area contributed by atoms with E-state index in [0.29, 0.717) is 17.0 Å². The van der Waals surface area contributed by atoms with Gasteiger partial charge in [-0.1, -0.05) is 25.1 Å². The Morgan fingerprint density at radius 3 is 2.80 bits per heavy atom. The SMILES string of the molecule is CCC(F)(F)c1cccc(CC(=O)C2C(=O)N(c3ccc4cn[nH]c4c3)N=C2C)c1. The second-order valence-electron chi connectivity index (χ2n) is 7.37. The molecule has 8 heteroatoms. The Hall–Kier alpha value is -3.42. The maximum Gasteiger partial charge on any atom is 0.273 e. The van der Waals surface area contributed by atoms with Crippen molar-refractivity contribution in [2.24, 2.45) is 11.0 Å². The van der Waals surface area contributed by atoms with Gasteiger partial charge in [0.2, 0.25) is 0 Å². The number of aromatic nitrogens is 2. The zero-order valence-electron chi connectivity index (χ0n) is 16.5. The summed E-state index contributed by atoms with van der Waals surface area (Å²) in [6, 6.07) is 11.1. The van der Waals surface area contributed by atoms with Crippen molar-refractivity contribution in [2.75, 3.05) is 5.01 Å². The summed E-state index contributed by atoms with van der Waals surface area (Å²) in [4.78, 5) is 25.8. The van der Waals surface area contributed by atoms with E-state index in [2.05, 4.69) is 15.3 Å². The molecule has 30 heavy (non-hydrogen) atoms. The van der Waals surface area contributed by atoms with Gasteiger partial charge in [0.15, 0.2) is 5.78 Å². The average Bonchev–Trinajstić information content (AvgIpc) is 3.31. The number of hydrogen-bond acceptors (Lipinski definition) is 4. The van der Waals surface area contributed by atoms with Gasteiger partial charge in [-0.05, 0) is 36.8 Å². The van der Waals surface area contributed by atoms with Crippen LogP contribution in [0, 0.1) is 5.92 Å². The van der Waals surface area contributed by atoms with E-state index < -0.39 is 17.7 Å². The third-order valence-electron chi connectivity index (χ3n) is 5.29. The van der Waals surface area contributed by atoms with E-state index in [-0.39, 0.29) is 24.2 Å². The van der Waals surface area contributed by atoms with E-state index in [1.165, 1.54) is 30.1 Å². The van der Waals surface area contributed by atoms with E-state index in [1.807, 2.05) is 0 Å². The molecule has 1 unspecified atom stereocenters. The van der Waals surface area contributed by atoms with Gasteiger partial charge in [0.05, 0.1) is 23.1 Å². The molecule has 2 heterocycles. The number of nitrogens with zero attached hydrogens (tertiary/aromatic N) is 3. The quantitative estimate of drug-likeness (QED) is 0.618. The fourth-order valence-corrected chi connectivity index (χ4v) is 3.59. The maximum absolute atomic E-state index is 14.0. The normalized spacial score (nSPS) is 16.9. The van der Waals surface area contributed by atoms with Gasteiger partial charge in [0.1, 0.15) is 5.92 Å². The van der Waals surface area contributed by atoms with Crippen LogP contribution in [0.15, 0.2) is 53.8 Å². The Morgan fingerprint density at radius 2 is 2.03 bits per heavy atom. The highest BCUT2D eigenvalue weighted by Crippen LogP contribution is 2.32. The molecule has 0 fully saturated rings. The van der Waals surface area contributed by atoms with Gasteiger partial charge in [0, 0.05) is 23.8 Å². The molecule has 2 aromatic carbocycles. The summed E-state index contributed by atoms with van der Waals surface area (Å²) in [7, 11) is 0. The van der Waals surface area contributed by atoms with Crippen LogP contribution in [0.2, 0.25) is 0 Å². The first kappa shape index (κ1) is 19.9. The van der Waals surface area contributed by atoms with Crippen molar-refractivity contribution < 1.29 is 18.4 Å². The standard InChI is InChI=1S/C22H20F2N4O2/c1-3-22(23,24)16-6-4-5-14(9-16)10-19(29)20-13(2)27-28(21(20)30)17-8-7-15-12-25-26-18(15)11-17/h4-9,11-12,20H,3,10H2,1-2H3,(H,25,26). The van der Waals surface area contributed by atoms with E-state index >= 15 is 0 Å². The van der Waals surface area contributed by atoms with Crippen LogP contribution >= 0.6 is 0 Å². The Labute approximate surface area is 171 Å². The first-order chi connectivity index (χ1) is 14.3. The second-order valence-corrected chi connectivity index (χ2v) is 7.37. The number of rotatable bonds is 6. The average molecular weight is 410 g/mol. The molecule has 1 aliphatic rings. The maximum atomic E-state index is 14.0. The lowest BCUT2D eigenvalue weighted by molar-refractivity contribution is -0.128. The highest BCUT2D eigenvalue weighted by molar-refractivity contribution is 6.27. The van der Waals surface area contributed by atoms with Gasteiger partial charge in [-0.3, -0.25) is 14.7 Å². The van der Waals surface area contributed by atoms with Gasteiger partial charge >= 0.3 is 0 Å². The monoisotopic (exact) mass is 410 g/mol. The second kappa shape index (κ2) is 7.44.